The molecule has 1 fully saturated rings. The number of aromatic nitrogens is 1. The topological polar surface area (TPSA) is 28.2 Å². The summed E-state index contributed by atoms with van der Waals surface area (Å²) >= 11 is 1.80. The lowest BCUT2D eigenvalue weighted by Gasteiger charge is -2.32. The van der Waals surface area contributed by atoms with E-state index in [1.165, 1.54) is 49.5 Å². The van der Waals surface area contributed by atoms with E-state index < -0.39 is 0 Å². The van der Waals surface area contributed by atoms with Crippen LogP contribution in [0.2, 0.25) is 0 Å². The van der Waals surface area contributed by atoms with Crippen molar-refractivity contribution in [3.8, 4) is 0 Å². The van der Waals surface area contributed by atoms with Crippen molar-refractivity contribution >= 4 is 36.2 Å². The summed E-state index contributed by atoms with van der Waals surface area (Å²) in [7, 11) is 2.06. The minimum atomic E-state index is 0. The normalized spacial score (nSPS) is 19.6. The zero-order valence-corrected chi connectivity index (χ0v) is 14.2. The van der Waals surface area contributed by atoms with Crippen LogP contribution in [0.3, 0.4) is 0 Å². The summed E-state index contributed by atoms with van der Waals surface area (Å²) < 4.78 is 0. The molecule has 2 rings (SSSR count). The number of nitrogens with zero attached hydrogens (tertiary/aromatic N) is 2. The van der Waals surface area contributed by atoms with Crippen molar-refractivity contribution in [2.45, 2.75) is 26.2 Å². The Morgan fingerprint density at radius 1 is 1.47 bits per heavy atom. The average Bonchev–Trinajstić information content (AvgIpc) is 2.73. The average molecular weight is 326 g/mol. The molecule has 1 atom stereocenters. The van der Waals surface area contributed by atoms with Gasteiger partial charge in [-0.05, 0) is 52.2 Å². The summed E-state index contributed by atoms with van der Waals surface area (Å²) in [4.78, 5) is 8.39. The molecule has 1 aromatic heterocycles. The van der Waals surface area contributed by atoms with E-state index in [0.717, 1.165) is 12.5 Å². The minimum absolute atomic E-state index is 0. The number of halogens is 2. The molecular weight excluding hydrogens is 301 g/mol. The van der Waals surface area contributed by atoms with E-state index in [1.807, 2.05) is 5.51 Å². The van der Waals surface area contributed by atoms with Gasteiger partial charge in [-0.1, -0.05) is 0 Å². The Morgan fingerprint density at radius 2 is 2.26 bits per heavy atom. The first-order chi connectivity index (χ1) is 8.29. The molecule has 1 aromatic rings. The standard InChI is InChI=1S/C13H23N3S.2ClH/c1-11-13(17-10-15-11)5-7-16-6-3-4-12(9-16)8-14-2;;/h10,12,14H,3-9H2,1-2H3;2*1H. The van der Waals surface area contributed by atoms with Gasteiger partial charge >= 0.3 is 0 Å². The molecule has 3 nitrogen and oxygen atoms in total. The van der Waals surface area contributed by atoms with Gasteiger partial charge in [-0.3, -0.25) is 0 Å². The number of aryl methyl sites for hydroxylation is 1. The van der Waals surface area contributed by atoms with Gasteiger partial charge in [0.25, 0.3) is 0 Å². The second-order valence-corrected chi connectivity index (χ2v) is 5.92. The van der Waals surface area contributed by atoms with E-state index in [4.69, 9.17) is 0 Å². The Kier molecular flexibility index (Phi) is 10.0. The summed E-state index contributed by atoms with van der Waals surface area (Å²) in [6.07, 6.45) is 3.91. The number of hydrogen-bond donors (Lipinski definition) is 1. The van der Waals surface area contributed by atoms with Gasteiger partial charge in [-0.2, -0.15) is 0 Å². The number of rotatable bonds is 5. The van der Waals surface area contributed by atoms with Crippen molar-refractivity contribution in [3.05, 3.63) is 16.1 Å². The third kappa shape index (κ3) is 5.96. The highest BCUT2D eigenvalue weighted by atomic mass is 35.5. The van der Waals surface area contributed by atoms with Crippen molar-refractivity contribution in [2.75, 3.05) is 33.2 Å². The van der Waals surface area contributed by atoms with Crippen molar-refractivity contribution in [2.24, 2.45) is 5.92 Å². The van der Waals surface area contributed by atoms with E-state index in [-0.39, 0.29) is 24.8 Å². The van der Waals surface area contributed by atoms with Crippen LogP contribution in [-0.4, -0.2) is 43.1 Å². The third-order valence-corrected chi connectivity index (χ3v) is 4.59. The first kappa shape index (κ1) is 19.1. The van der Waals surface area contributed by atoms with Crippen LogP contribution >= 0.6 is 36.2 Å². The van der Waals surface area contributed by atoms with Gasteiger partial charge in [-0.25, -0.2) is 4.98 Å². The summed E-state index contributed by atoms with van der Waals surface area (Å²) in [5.41, 5.74) is 3.18. The Hall–Kier alpha value is 0.130. The fourth-order valence-corrected chi connectivity index (χ4v) is 3.41. The third-order valence-electron chi connectivity index (χ3n) is 3.60. The van der Waals surface area contributed by atoms with Crippen LogP contribution in [-0.2, 0) is 6.42 Å². The molecule has 2 heterocycles. The SMILES string of the molecule is CNCC1CCCN(CCc2scnc2C)C1.Cl.Cl. The van der Waals surface area contributed by atoms with Gasteiger partial charge < -0.3 is 10.2 Å². The number of piperidine rings is 1. The molecule has 19 heavy (non-hydrogen) atoms. The molecule has 0 saturated carbocycles. The van der Waals surface area contributed by atoms with Gasteiger partial charge in [0.1, 0.15) is 0 Å². The summed E-state index contributed by atoms with van der Waals surface area (Å²) in [5, 5.41) is 3.30. The van der Waals surface area contributed by atoms with Crippen LogP contribution in [0.15, 0.2) is 5.51 Å². The summed E-state index contributed by atoms with van der Waals surface area (Å²) in [5.74, 6) is 0.844. The van der Waals surface area contributed by atoms with Crippen LogP contribution in [0.1, 0.15) is 23.4 Å². The number of hydrogen-bond acceptors (Lipinski definition) is 4. The van der Waals surface area contributed by atoms with Gasteiger partial charge in [0.05, 0.1) is 11.2 Å². The van der Waals surface area contributed by atoms with Crippen LogP contribution in [0.25, 0.3) is 0 Å². The van der Waals surface area contributed by atoms with E-state index in [0.29, 0.717) is 0 Å². The highest BCUT2D eigenvalue weighted by molar-refractivity contribution is 7.09. The Morgan fingerprint density at radius 3 is 2.89 bits per heavy atom. The Balaban J connectivity index is 0.00000162. The molecule has 0 spiro atoms. The molecule has 0 amide bonds. The molecule has 1 N–H and O–H groups in total. The van der Waals surface area contributed by atoms with Gasteiger partial charge in [-0.15, -0.1) is 36.2 Å². The molecular formula is C13H25Cl2N3S. The number of likely N-dealkylation sites (tertiary alicyclic amines) is 1. The summed E-state index contributed by atoms with van der Waals surface area (Å²) in [6.45, 7) is 7.02. The predicted octanol–water partition coefficient (Wildman–Crippen LogP) is 2.77. The van der Waals surface area contributed by atoms with E-state index >= 15 is 0 Å². The maximum atomic E-state index is 4.31. The van der Waals surface area contributed by atoms with E-state index in [1.54, 1.807) is 11.3 Å². The fraction of sp³-hybridized carbons (Fsp3) is 0.769. The lowest BCUT2D eigenvalue weighted by atomic mass is 9.98. The lowest BCUT2D eigenvalue weighted by molar-refractivity contribution is 0.176. The van der Waals surface area contributed by atoms with Crippen LogP contribution in [0.4, 0.5) is 0 Å². The fourth-order valence-electron chi connectivity index (χ4n) is 2.64. The van der Waals surface area contributed by atoms with Crippen molar-refractivity contribution < 1.29 is 0 Å². The van der Waals surface area contributed by atoms with Crippen molar-refractivity contribution in [3.63, 3.8) is 0 Å². The second-order valence-electron chi connectivity index (χ2n) is 4.98. The van der Waals surface area contributed by atoms with Crippen molar-refractivity contribution in [1.82, 2.24) is 15.2 Å². The molecule has 0 aromatic carbocycles. The lowest BCUT2D eigenvalue weighted by Crippen LogP contribution is -2.39. The summed E-state index contributed by atoms with van der Waals surface area (Å²) in [6, 6.07) is 0. The minimum Gasteiger partial charge on any atom is -0.319 e. The van der Waals surface area contributed by atoms with Gasteiger partial charge in [0, 0.05) is 18.0 Å². The zero-order valence-electron chi connectivity index (χ0n) is 11.7. The molecule has 0 radical (unpaired) electrons. The van der Waals surface area contributed by atoms with Crippen LogP contribution in [0, 0.1) is 12.8 Å². The van der Waals surface area contributed by atoms with Crippen LogP contribution in [0.5, 0.6) is 0 Å². The molecule has 1 unspecified atom stereocenters. The highest BCUT2D eigenvalue weighted by Crippen LogP contribution is 2.18. The van der Waals surface area contributed by atoms with Crippen LogP contribution < -0.4 is 5.32 Å². The number of thiazole rings is 1. The Labute approximate surface area is 133 Å². The molecule has 112 valence electrons. The molecule has 1 aliphatic heterocycles. The highest BCUT2D eigenvalue weighted by Gasteiger charge is 2.19. The molecule has 6 heteroatoms. The largest absolute Gasteiger partial charge is 0.319 e. The maximum Gasteiger partial charge on any atom is 0.0797 e. The van der Waals surface area contributed by atoms with Gasteiger partial charge in [0.15, 0.2) is 0 Å². The smallest absolute Gasteiger partial charge is 0.0797 e. The predicted molar refractivity (Wildman–Crippen MR) is 88.1 cm³/mol. The maximum absolute atomic E-state index is 4.31. The first-order valence-corrected chi connectivity index (χ1v) is 7.43. The quantitative estimate of drug-likeness (QED) is 0.902. The van der Waals surface area contributed by atoms with E-state index in [9.17, 15) is 0 Å². The first-order valence-electron chi connectivity index (χ1n) is 6.55. The molecule has 0 bridgehead atoms. The molecule has 1 saturated heterocycles. The van der Waals surface area contributed by atoms with E-state index in [2.05, 4.69) is 29.2 Å². The number of nitrogens with one attached hydrogen (secondary N) is 1. The van der Waals surface area contributed by atoms with Gasteiger partial charge in [0.2, 0.25) is 0 Å². The molecule has 1 aliphatic rings. The molecule has 0 aliphatic carbocycles. The Bertz CT molecular complexity index is 344. The second kappa shape index (κ2) is 9.94. The zero-order chi connectivity index (χ0) is 12.1. The van der Waals surface area contributed by atoms with Crippen molar-refractivity contribution in [1.29, 1.82) is 0 Å². The monoisotopic (exact) mass is 325 g/mol.